The molecule has 2 aromatic rings. The summed E-state index contributed by atoms with van der Waals surface area (Å²) < 4.78 is 13.1. The van der Waals surface area contributed by atoms with Crippen LogP contribution < -0.4 is 0 Å². The largest absolute Gasteiger partial charge is 0.207 e. The summed E-state index contributed by atoms with van der Waals surface area (Å²) >= 11 is 4.22. The summed E-state index contributed by atoms with van der Waals surface area (Å²) in [5.41, 5.74) is 3.02. The molecule has 15 heavy (non-hydrogen) atoms. The van der Waals surface area contributed by atoms with Gasteiger partial charge in [-0.05, 0) is 47.9 Å². The summed E-state index contributed by atoms with van der Waals surface area (Å²) in [6.45, 7) is 1.98. The van der Waals surface area contributed by atoms with Gasteiger partial charge in [-0.25, -0.2) is 4.39 Å². The molecule has 76 valence electrons. The molecule has 0 aliphatic rings. The van der Waals surface area contributed by atoms with Crippen LogP contribution in [0.2, 0.25) is 0 Å². The molecule has 0 radical (unpaired) electrons. The maximum Gasteiger partial charge on any atom is 0.123 e. The fourth-order valence-electron chi connectivity index (χ4n) is 1.55. The minimum Gasteiger partial charge on any atom is -0.207 e. The van der Waals surface area contributed by atoms with Gasteiger partial charge in [0.2, 0.25) is 0 Å². The summed E-state index contributed by atoms with van der Waals surface area (Å²) in [5.74, 6) is -0.203. The molecular weight excluding hydrogens is 207 g/mol. The first-order valence-corrected chi connectivity index (χ1v) is 5.17. The Kier molecular flexibility index (Phi) is 2.78. The molecule has 2 heteroatoms. The van der Waals surface area contributed by atoms with Gasteiger partial charge in [-0.2, -0.15) is 0 Å². The minimum atomic E-state index is -0.203. The summed E-state index contributed by atoms with van der Waals surface area (Å²) in [6, 6.07) is 12.5. The first kappa shape index (κ1) is 10.2. The highest BCUT2D eigenvalue weighted by Crippen LogP contribution is 2.25. The van der Waals surface area contributed by atoms with E-state index < -0.39 is 0 Å². The zero-order valence-electron chi connectivity index (χ0n) is 8.37. The van der Waals surface area contributed by atoms with E-state index in [0.29, 0.717) is 0 Å². The van der Waals surface area contributed by atoms with E-state index in [1.807, 2.05) is 31.2 Å². The number of hydrogen-bond acceptors (Lipinski definition) is 1. The monoisotopic (exact) mass is 218 g/mol. The van der Waals surface area contributed by atoms with Gasteiger partial charge in [-0.15, -0.1) is 12.6 Å². The fourth-order valence-corrected chi connectivity index (χ4v) is 1.70. The van der Waals surface area contributed by atoms with Gasteiger partial charge in [-0.3, -0.25) is 0 Å². The summed E-state index contributed by atoms with van der Waals surface area (Å²) in [6.07, 6.45) is 0. The lowest BCUT2D eigenvalue weighted by Crippen LogP contribution is -1.84. The van der Waals surface area contributed by atoms with Crippen molar-refractivity contribution in [2.45, 2.75) is 11.8 Å². The third-order valence-corrected chi connectivity index (χ3v) is 2.68. The van der Waals surface area contributed by atoms with Crippen LogP contribution >= 0.6 is 12.6 Å². The first-order chi connectivity index (χ1) is 7.16. The maximum atomic E-state index is 13.1. The van der Waals surface area contributed by atoms with Crippen LogP contribution in [0.4, 0.5) is 4.39 Å². The Morgan fingerprint density at radius 1 is 1.00 bits per heavy atom. The standard InChI is InChI=1S/C13H11FS/c1-9-2-5-11(14)8-13(9)10-3-6-12(15)7-4-10/h2-8,15H,1H3. The first-order valence-electron chi connectivity index (χ1n) is 4.72. The van der Waals surface area contributed by atoms with E-state index in [0.717, 1.165) is 21.6 Å². The van der Waals surface area contributed by atoms with Gasteiger partial charge in [0.15, 0.2) is 0 Å². The second kappa shape index (κ2) is 4.07. The predicted molar refractivity (Wildman–Crippen MR) is 63.8 cm³/mol. The zero-order valence-corrected chi connectivity index (χ0v) is 9.26. The summed E-state index contributed by atoms with van der Waals surface area (Å²) in [5, 5.41) is 0. The number of benzene rings is 2. The highest BCUT2D eigenvalue weighted by molar-refractivity contribution is 7.80. The fraction of sp³-hybridized carbons (Fsp3) is 0.0769. The molecule has 2 aromatic carbocycles. The lowest BCUT2D eigenvalue weighted by atomic mass is 10.0. The van der Waals surface area contributed by atoms with Gasteiger partial charge in [-0.1, -0.05) is 18.2 Å². The molecule has 0 heterocycles. The lowest BCUT2D eigenvalue weighted by Gasteiger charge is -2.06. The van der Waals surface area contributed by atoms with E-state index >= 15 is 0 Å². The van der Waals surface area contributed by atoms with Crippen LogP contribution in [0.3, 0.4) is 0 Å². The molecule has 2 rings (SSSR count). The number of aryl methyl sites for hydroxylation is 1. The van der Waals surface area contributed by atoms with E-state index in [2.05, 4.69) is 12.6 Å². The molecule has 0 amide bonds. The van der Waals surface area contributed by atoms with E-state index in [-0.39, 0.29) is 5.82 Å². The Morgan fingerprint density at radius 2 is 1.67 bits per heavy atom. The highest BCUT2D eigenvalue weighted by atomic mass is 32.1. The Labute approximate surface area is 94.2 Å². The van der Waals surface area contributed by atoms with Crippen LogP contribution in [0.5, 0.6) is 0 Å². The van der Waals surface area contributed by atoms with Crippen molar-refractivity contribution in [3.63, 3.8) is 0 Å². The number of hydrogen-bond donors (Lipinski definition) is 1. The molecule has 0 bridgehead atoms. The molecule has 0 aliphatic heterocycles. The molecule has 0 atom stereocenters. The van der Waals surface area contributed by atoms with Crippen LogP contribution in [0.1, 0.15) is 5.56 Å². The molecule has 0 fully saturated rings. The smallest absolute Gasteiger partial charge is 0.123 e. The van der Waals surface area contributed by atoms with Gasteiger partial charge in [0, 0.05) is 4.90 Å². The van der Waals surface area contributed by atoms with Crippen molar-refractivity contribution in [3.05, 3.63) is 53.8 Å². The molecule has 0 saturated heterocycles. The average molecular weight is 218 g/mol. The Balaban J connectivity index is 2.53. The van der Waals surface area contributed by atoms with Crippen LogP contribution in [-0.2, 0) is 0 Å². The van der Waals surface area contributed by atoms with Crippen LogP contribution in [-0.4, -0.2) is 0 Å². The highest BCUT2D eigenvalue weighted by Gasteiger charge is 2.02. The minimum absolute atomic E-state index is 0.203. The number of rotatable bonds is 1. The maximum absolute atomic E-state index is 13.1. The Hall–Kier alpha value is -1.28. The summed E-state index contributed by atoms with van der Waals surface area (Å²) in [4.78, 5) is 0.910. The zero-order chi connectivity index (χ0) is 10.8. The van der Waals surface area contributed by atoms with Crippen molar-refractivity contribution >= 4 is 12.6 Å². The Bertz CT molecular complexity index is 474. The van der Waals surface area contributed by atoms with Crippen molar-refractivity contribution in [3.8, 4) is 11.1 Å². The second-order valence-corrected chi connectivity index (χ2v) is 4.02. The molecule has 0 unspecified atom stereocenters. The van der Waals surface area contributed by atoms with Gasteiger partial charge in [0.05, 0.1) is 0 Å². The van der Waals surface area contributed by atoms with Crippen molar-refractivity contribution in [2.24, 2.45) is 0 Å². The van der Waals surface area contributed by atoms with Crippen molar-refractivity contribution in [2.75, 3.05) is 0 Å². The molecule has 0 nitrogen and oxygen atoms in total. The van der Waals surface area contributed by atoms with E-state index in [9.17, 15) is 4.39 Å². The number of halogens is 1. The number of thiol groups is 1. The molecule has 0 spiro atoms. The van der Waals surface area contributed by atoms with Gasteiger partial charge < -0.3 is 0 Å². The lowest BCUT2D eigenvalue weighted by molar-refractivity contribution is 0.628. The van der Waals surface area contributed by atoms with E-state index in [1.54, 1.807) is 12.1 Å². The van der Waals surface area contributed by atoms with E-state index in [1.165, 1.54) is 6.07 Å². The van der Waals surface area contributed by atoms with Gasteiger partial charge >= 0.3 is 0 Å². The third kappa shape index (κ3) is 2.21. The average Bonchev–Trinajstić information content (AvgIpc) is 2.23. The molecule has 0 N–H and O–H groups in total. The predicted octanol–water partition coefficient (Wildman–Crippen LogP) is 4.09. The van der Waals surface area contributed by atoms with Gasteiger partial charge in [0.1, 0.15) is 5.82 Å². The molecule has 0 saturated carbocycles. The Morgan fingerprint density at radius 3 is 2.33 bits per heavy atom. The summed E-state index contributed by atoms with van der Waals surface area (Å²) in [7, 11) is 0. The van der Waals surface area contributed by atoms with Crippen molar-refractivity contribution in [1.82, 2.24) is 0 Å². The van der Waals surface area contributed by atoms with Crippen molar-refractivity contribution < 1.29 is 4.39 Å². The van der Waals surface area contributed by atoms with E-state index in [4.69, 9.17) is 0 Å². The normalized spacial score (nSPS) is 10.3. The van der Waals surface area contributed by atoms with Crippen LogP contribution in [0.25, 0.3) is 11.1 Å². The molecule has 0 aromatic heterocycles. The van der Waals surface area contributed by atoms with Gasteiger partial charge in [0.25, 0.3) is 0 Å². The van der Waals surface area contributed by atoms with Crippen LogP contribution in [0.15, 0.2) is 47.4 Å². The molecule has 0 aliphatic carbocycles. The van der Waals surface area contributed by atoms with Crippen LogP contribution in [0, 0.1) is 12.7 Å². The SMILES string of the molecule is Cc1ccc(F)cc1-c1ccc(S)cc1. The third-order valence-electron chi connectivity index (χ3n) is 2.38. The quantitative estimate of drug-likeness (QED) is 0.685. The second-order valence-electron chi connectivity index (χ2n) is 3.51. The van der Waals surface area contributed by atoms with Crippen molar-refractivity contribution in [1.29, 1.82) is 0 Å². The topological polar surface area (TPSA) is 0 Å². The molecular formula is C13H11FS.